The van der Waals surface area contributed by atoms with Crippen LogP contribution in [0.25, 0.3) is 0 Å². The number of allylic oxidation sites excluding steroid dienone is 1. The Kier molecular flexibility index (Phi) is 5.57. The monoisotopic (exact) mass is 287 g/mol. The summed E-state index contributed by atoms with van der Waals surface area (Å²) in [5.74, 6) is -0.0727. The lowest BCUT2D eigenvalue weighted by Crippen LogP contribution is -2.48. The number of hydrogen-bond donors (Lipinski definition) is 2. The highest BCUT2D eigenvalue weighted by Crippen LogP contribution is 2.29. The van der Waals surface area contributed by atoms with Crippen LogP contribution in [0, 0.1) is 0 Å². The summed E-state index contributed by atoms with van der Waals surface area (Å²) in [6.07, 6.45) is 7.43. The van der Waals surface area contributed by atoms with Gasteiger partial charge in [-0.1, -0.05) is 48.7 Å². The topological polar surface area (TPSA) is 49.3 Å². The van der Waals surface area contributed by atoms with Crippen molar-refractivity contribution in [1.29, 1.82) is 0 Å². The van der Waals surface area contributed by atoms with E-state index in [9.17, 15) is 9.90 Å². The molecule has 0 aromatic heterocycles. The summed E-state index contributed by atoms with van der Waals surface area (Å²) in [6.45, 7) is 2.03. The van der Waals surface area contributed by atoms with E-state index in [1.807, 2.05) is 25.1 Å². The Hall–Kier alpha value is -1.61. The lowest BCUT2D eigenvalue weighted by atomic mass is 9.98. The number of carbonyl (C=O) groups is 1. The minimum Gasteiger partial charge on any atom is -0.394 e. The molecular formula is C18H25NO2. The quantitative estimate of drug-likeness (QED) is 0.790. The van der Waals surface area contributed by atoms with Crippen molar-refractivity contribution in [2.24, 2.45) is 0 Å². The highest BCUT2D eigenvalue weighted by atomic mass is 16.3. The Morgan fingerprint density at radius 1 is 1.29 bits per heavy atom. The summed E-state index contributed by atoms with van der Waals surface area (Å²) in [5.41, 5.74) is 1.98. The minimum absolute atomic E-state index is 0.0373. The number of carbonyl (C=O) groups excluding carboxylic acids is 1. The van der Waals surface area contributed by atoms with E-state index >= 15 is 0 Å². The van der Waals surface area contributed by atoms with Gasteiger partial charge >= 0.3 is 0 Å². The smallest absolute Gasteiger partial charge is 0.244 e. The molecule has 1 saturated carbocycles. The zero-order chi connectivity index (χ0) is 15.1. The molecule has 0 aliphatic heterocycles. The number of aliphatic hydroxyl groups excluding tert-OH is 1. The molecule has 114 valence electrons. The van der Waals surface area contributed by atoms with Crippen molar-refractivity contribution in [3.8, 4) is 0 Å². The van der Waals surface area contributed by atoms with Gasteiger partial charge in [-0.3, -0.25) is 4.79 Å². The van der Waals surface area contributed by atoms with Crippen molar-refractivity contribution in [3.05, 3.63) is 47.5 Å². The molecule has 3 heteroatoms. The molecule has 1 aliphatic rings. The maximum absolute atomic E-state index is 12.1. The van der Waals surface area contributed by atoms with Gasteiger partial charge in [0.05, 0.1) is 12.1 Å². The lowest BCUT2D eigenvalue weighted by Gasteiger charge is -2.27. The van der Waals surface area contributed by atoms with Crippen LogP contribution in [0.4, 0.5) is 0 Å². The van der Waals surface area contributed by atoms with E-state index in [0.29, 0.717) is 0 Å². The first-order valence-electron chi connectivity index (χ1n) is 7.78. The van der Waals surface area contributed by atoms with Crippen LogP contribution in [-0.2, 0) is 11.2 Å². The second-order valence-corrected chi connectivity index (χ2v) is 6.11. The van der Waals surface area contributed by atoms with E-state index in [1.54, 1.807) is 6.08 Å². The summed E-state index contributed by atoms with van der Waals surface area (Å²) in [6, 6.07) is 10.3. The third-order valence-electron chi connectivity index (χ3n) is 4.28. The van der Waals surface area contributed by atoms with Crippen LogP contribution < -0.4 is 5.32 Å². The number of aliphatic hydroxyl groups is 1. The fraction of sp³-hybridized carbons (Fsp3) is 0.500. The molecule has 1 fully saturated rings. The third-order valence-corrected chi connectivity index (χ3v) is 4.28. The highest BCUT2D eigenvalue weighted by molar-refractivity contribution is 5.88. The highest BCUT2D eigenvalue weighted by Gasteiger charge is 2.34. The van der Waals surface area contributed by atoms with Crippen molar-refractivity contribution in [2.75, 3.05) is 6.61 Å². The summed E-state index contributed by atoms with van der Waals surface area (Å²) in [5, 5.41) is 12.5. The van der Waals surface area contributed by atoms with Crippen LogP contribution in [0.15, 0.2) is 42.0 Å². The maximum Gasteiger partial charge on any atom is 0.244 e. The number of hydrogen-bond acceptors (Lipinski definition) is 2. The number of amides is 1. The molecule has 0 heterocycles. The Bertz CT molecular complexity index is 487. The normalized spacial score (nSPS) is 17.7. The number of aryl methyl sites for hydroxylation is 1. The molecule has 21 heavy (non-hydrogen) atoms. The molecular weight excluding hydrogens is 262 g/mol. The van der Waals surface area contributed by atoms with Crippen molar-refractivity contribution in [1.82, 2.24) is 5.32 Å². The van der Waals surface area contributed by atoms with Crippen LogP contribution in [0.5, 0.6) is 0 Å². The van der Waals surface area contributed by atoms with Gasteiger partial charge in [-0.2, -0.15) is 0 Å². The van der Waals surface area contributed by atoms with Gasteiger partial charge in [0.15, 0.2) is 0 Å². The van der Waals surface area contributed by atoms with E-state index in [2.05, 4.69) is 17.4 Å². The Morgan fingerprint density at radius 2 is 1.95 bits per heavy atom. The standard InChI is InChI=1S/C18H25NO2/c1-15(9-10-16-7-3-2-4-8-16)13-17(21)19-18(14-20)11-5-6-12-18/h2-4,7-8,13,20H,5-6,9-12,14H2,1H3,(H,19,21)/b15-13-. The maximum atomic E-state index is 12.1. The molecule has 1 aromatic carbocycles. The van der Waals surface area contributed by atoms with E-state index in [1.165, 1.54) is 5.56 Å². The fourth-order valence-corrected chi connectivity index (χ4v) is 2.95. The summed E-state index contributed by atoms with van der Waals surface area (Å²) in [4.78, 5) is 12.1. The van der Waals surface area contributed by atoms with Crippen LogP contribution in [-0.4, -0.2) is 23.2 Å². The molecule has 1 amide bonds. The van der Waals surface area contributed by atoms with E-state index in [4.69, 9.17) is 0 Å². The Balaban J connectivity index is 1.85. The first-order chi connectivity index (χ1) is 10.1. The van der Waals surface area contributed by atoms with Gasteiger partial charge in [-0.15, -0.1) is 0 Å². The van der Waals surface area contributed by atoms with Crippen molar-refractivity contribution >= 4 is 5.91 Å². The molecule has 0 radical (unpaired) electrons. The Labute approximate surface area is 127 Å². The molecule has 1 aromatic rings. The second kappa shape index (κ2) is 7.41. The first-order valence-corrected chi connectivity index (χ1v) is 7.78. The molecule has 3 nitrogen and oxygen atoms in total. The molecule has 1 aliphatic carbocycles. The van der Waals surface area contributed by atoms with Crippen molar-refractivity contribution < 1.29 is 9.90 Å². The van der Waals surface area contributed by atoms with E-state index < -0.39 is 0 Å². The number of rotatable bonds is 6. The molecule has 0 unspecified atom stereocenters. The van der Waals surface area contributed by atoms with Gasteiger partial charge in [0, 0.05) is 6.08 Å². The van der Waals surface area contributed by atoms with E-state index in [0.717, 1.165) is 44.1 Å². The third kappa shape index (κ3) is 4.71. The van der Waals surface area contributed by atoms with Crippen LogP contribution >= 0.6 is 0 Å². The molecule has 0 saturated heterocycles. The molecule has 2 N–H and O–H groups in total. The Morgan fingerprint density at radius 3 is 2.57 bits per heavy atom. The largest absolute Gasteiger partial charge is 0.394 e. The predicted molar refractivity (Wildman–Crippen MR) is 84.9 cm³/mol. The molecule has 0 atom stereocenters. The summed E-state index contributed by atoms with van der Waals surface area (Å²) in [7, 11) is 0. The zero-order valence-corrected chi connectivity index (χ0v) is 12.8. The van der Waals surface area contributed by atoms with Crippen LogP contribution in [0.2, 0.25) is 0 Å². The van der Waals surface area contributed by atoms with Gasteiger partial charge < -0.3 is 10.4 Å². The minimum atomic E-state index is -0.382. The van der Waals surface area contributed by atoms with Gasteiger partial charge in [-0.25, -0.2) is 0 Å². The fourth-order valence-electron chi connectivity index (χ4n) is 2.95. The first kappa shape index (κ1) is 15.8. The molecule has 0 bridgehead atoms. The second-order valence-electron chi connectivity index (χ2n) is 6.11. The number of nitrogens with one attached hydrogen (secondary N) is 1. The van der Waals surface area contributed by atoms with Gasteiger partial charge in [-0.05, 0) is 38.2 Å². The zero-order valence-electron chi connectivity index (χ0n) is 12.8. The SMILES string of the molecule is C/C(=C/C(=O)NC1(CO)CCCC1)CCc1ccccc1. The molecule has 2 rings (SSSR count). The van der Waals surface area contributed by atoms with Gasteiger partial charge in [0.25, 0.3) is 0 Å². The predicted octanol–water partition coefficient (Wildman–Crippen LogP) is 2.99. The van der Waals surface area contributed by atoms with Crippen molar-refractivity contribution in [3.63, 3.8) is 0 Å². The number of benzene rings is 1. The summed E-state index contributed by atoms with van der Waals surface area (Å²) < 4.78 is 0. The lowest BCUT2D eigenvalue weighted by molar-refractivity contribution is -0.118. The van der Waals surface area contributed by atoms with Gasteiger partial charge in [0.2, 0.25) is 5.91 Å². The van der Waals surface area contributed by atoms with Crippen molar-refractivity contribution in [2.45, 2.75) is 51.0 Å². The molecule has 0 spiro atoms. The average molecular weight is 287 g/mol. The summed E-state index contributed by atoms with van der Waals surface area (Å²) >= 11 is 0. The average Bonchev–Trinajstić information content (AvgIpc) is 2.95. The van der Waals surface area contributed by atoms with Gasteiger partial charge in [0.1, 0.15) is 0 Å². The van der Waals surface area contributed by atoms with E-state index in [-0.39, 0.29) is 18.1 Å². The van der Waals surface area contributed by atoms with Crippen LogP contribution in [0.1, 0.15) is 44.6 Å². The van der Waals surface area contributed by atoms with Crippen LogP contribution in [0.3, 0.4) is 0 Å².